The fourth-order valence-electron chi connectivity index (χ4n) is 2.12. The van der Waals surface area contributed by atoms with Crippen LogP contribution in [0.5, 0.6) is 5.75 Å². The van der Waals surface area contributed by atoms with Crippen LogP contribution in [-0.2, 0) is 16.4 Å². The van der Waals surface area contributed by atoms with Gasteiger partial charge in [-0.15, -0.1) is 0 Å². The number of rotatable bonds is 8. The van der Waals surface area contributed by atoms with E-state index in [0.29, 0.717) is 41.6 Å². The summed E-state index contributed by atoms with van der Waals surface area (Å²) in [5.74, 6) is 0.961. The van der Waals surface area contributed by atoms with Crippen molar-refractivity contribution in [2.45, 2.75) is 31.6 Å². The van der Waals surface area contributed by atoms with Crippen molar-refractivity contribution in [3.05, 3.63) is 23.8 Å². The first-order valence-corrected chi connectivity index (χ1v) is 8.64. The number of nitrogens with zero attached hydrogens (tertiary/aromatic N) is 1. The Balaban J connectivity index is 3.17. The average molecular weight is 314 g/mol. The second kappa shape index (κ2) is 7.77. The molecule has 5 nitrogen and oxygen atoms in total. The normalized spacial score (nSPS) is 13.4. The van der Waals surface area contributed by atoms with Gasteiger partial charge in [-0.25, -0.2) is 12.7 Å². The Hall–Kier alpha value is -1.11. The molecule has 2 N–H and O–H groups in total. The monoisotopic (exact) mass is 314 g/mol. The molecule has 21 heavy (non-hydrogen) atoms. The summed E-state index contributed by atoms with van der Waals surface area (Å²) in [5.41, 5.74) is 6.30. The third-order valence-electron chi connectivity index (χ3n) is 3.64. The molecule has 0 saturated heterocycles. The maximum absolute atomic E-state index is 12.7. The maximum Gasteiger partial charge on any atom is 0.243 e. The van der Waals surface area contributed by atoms with Gasteiger partial charge in [0.1, 0.15) is 5.75 Å². The molecule has 1 rings (SSSR count). The first kappa shape index (κ1) is 17.9. The minimum absolute atomic E-state index is 0.319. The second-order valence-electron chi connectivity index (χ2n) is 5.31. The van der Waals surface area contributed by atoms with Crippen LogP contribution in [0.1, 0.15) is 25.8 Å². The van der Waals surface area contributed by atoms with E-state index < -0.39 is 10.0 Å². The minimum atomic E-state index is -3.50. The van der Waals surface area contributed by atoms with E-state index in [1.807, 2.05) is 6.92 Å². The molecule has 0 bridgehead atoms. The molecular weight excluding hydrogens is 288 g/mol. The topological polar surface area (TPSA) is 72.6 Å². The molecule has 0 aliphatic heterocycles. The van der Waals surface area contributed by atoms with Crippen LogP contribution in [0.15, 0.2) is 23.1 Å². The van der Waals surface area contributed by atoms with Gasteiger partial charge in [-0.2, -0.15) is 0 Å². The van der Waals surface area contributed by atoms with Crippen molar-refractivity contribution in [2.75, 3.05) is 27.2 Å². The predicted octanol–water partition coefficient (Wildman–Crippen LogP) is 1.86. The largest absolute Gasteiger partial charge is 0.497 e. The maximum atomic E-state index is 12.7. The highest BCUT2D eigenvalue weighted by molar-refractivity contribution is 7.89. The standard InChI is InChI=1S/C15H26N2O3S/c1-5-12(2)11-17(3)21(18,19)15-7-6-14(20-4)10-13(15)8-9-16/h6-7,10,12H,5,8-9,11,16H2,1-4H3. The fourth-order valence-corrected chi connectivity index (χ4v) is 3.64. The van der Waals surface area contributed by atoms with Crippen LogP contribution in [0.2, 0.25) is 0 Å². The summed E-state index contributed by atoms with van der Waals surface area (Å²) in [4.78, 5) is 0.319. The SMILES string of the molecule is CCC(C)CN(C)S(=O)(=O)c1ccc(OC)cc1CCN. The van der Waals surface area contributed by atoms with Crippen molar-refractivity contribution in [2.24, 2.45) is 11.7 Å². The van der Waals surface area contributed by atoms with Crippen LogP contribution in [0.3, 0.4) is 0 Å². The zero-order valence-corrected chi connectivity index (χ0v) is 14.1. The number of hydrogen-bond donors (Lipinski definition) is 1. The van der Waals surface area contributed by atoms with E-state index in [1.54, 1.807) is 32.4 Å². The molecular formula is C15H26N2O3S. The molecule has 1 aromatic rings. The third-order valence-corrected chi connectivity index (χ3v) is 5.56. The molecule has 0 radical (unpaired) electrons. The Morgan fingerprint density at radius 3 is 2.57 bits per heavy atom. The van der Waals surface area contributed by atoms with Gasteiger partial charge in [-0.05, 0) is 42.6 Å². The molecule has 0 amide bonds. The first-order valence-electron chi connectivity index (χ1n) is 7.20. The third kappa shape index (κ3) is 4.43. The van der Waals surface area contributed by atoms with Crippen LogP contribution in [0.4, 0.5) is 0 Å². The summed E-state index contributed by atoms with van der Waals surface area (Å²) in [7, 11) is -0.316. The summed E-state index contributed by atoms with van der Waals surface area (Å²) < 4.78 is 32.0. The lowest BCUT2D eigenvalue weighted by atomic mass is 10.1. The van der Waals surface area contributed by atoms with Crippen LogP contribution in [0.25, 0.3) is 0 Å². The number of benzene rings is 1. The van der Waals surface area contributed by atoms with E-state index in [0.717, 1.165) is 6.42 Å². The number of ether oxygens (including phenoxy) is 1. The smallest absolute Gasteiger partial charge is 0.243 e. The van der Waals surface area contributed by atoms with Crippen molar-refractivity contribution in [3.63, 3.8) is 0 Å². The summed E-state index contributed by atoms with van der Waals surface area (Å²) in [6.45, 7) is 5.00. The number of methoxy groups -OCH3 is 1. The van der Waals surface area contributed by atoms with Gasteiger partial charge in [0.15, 0.2) is 0 Å². The lowest BCUT2D eigenvalue weighted by molar-refractivity contribution is 0.393. The average Bonchev–Trinajstić information content (AvgIpc) is 2.46. The Bertz CT molecular complexity index is 558. The summed E-state index contributed by atoms with van der Waals surface area (Å²) >= 11 is 0. The van der Waals surface area contributed by atoms with Crippen LogP contribution in [-0.4, -0.2) is 40.0 Å². The molecule has 6 heteroatoms. The molecule has 1 atom stereocenters. The van der Waals surface area contributed by atoms with Crippen LogP contribution < -0.4 is 10.5 Å². The highest BCUT2D eigenvalue weighted by Gasteiger charge is 2.25. The highest BCUT2D eigenvalue weighted by atomic mass is 32.2. The van der Waals surface area contributed by atoms with Gasteiger partial charge in [0.2, 0.25) is 10.0 Å². The van der Waals surface area contributed by atoms with E-state index in [1.165, 1.54) is 4.31 Å². The van der Waals surface area contributed by atoms with Crippen LogP contribution in [0, 0.1) is 5.92 Å². The molecule has 1 aromatic carbocycles. The zero-order valence-electron chi connectivity index (χ0n) is 13.3. The van der Waals surface area contributed by atoms with Gasteiger partial charge in [0.25, 0.3) is 0 Å². The van der Waals surface area contributed by atoms with E-state index in [4.69, 9.17) is 10.5 Å². The first-order chi connectivity index (χ1) is 9.86. The van der Waals surface area contributed by atoms with E-state index >= 15 is 0 Å². The molecule has 0 spiro atoms. The minimum Gasteiger partial charge on any atom is -0.497 e. The van der Waals surface area contributed by atoms with E-state index in [-0.39, 0.29) is 0 Å². The Kier molecular flexibility index (Phi) is 6.64. The Labute approximate surface area is 128 Å². The number of nitrogens with two attached hydrogens (primary N) is 1. The summed E-state index contributed by atoms with van der Waals surface area (Å²) in [6.07, 6.45) is 1.45. The quantitative estimate of drug-likeness (QED) is 0.795. The summed E-state index contributed by atoms with van der Waals surface area (Å²) in [5, 5.41) is 0. The molecule has 1 unspecified atom stereocenters. The predicted molar refractivity (Wildman–Crippen MR) is 85.0 cm³/mol. The Morgan fingerprint density at radius 1 is 1.38 bits per heavy atom. The van der Waals surface area contributed by atoms with Gasteiger partial charge >= 0.3 is 0 Å². The van der Waals surface area contributed by atoms with Gasteiger partial charge < -0.3 is 10.5 Å². The van der Waals surface area contributed by atoms with E-state index in [9.17, 15) is 8.42 Å². The number of sulfonamides is 1. The van der Waals surface area contributed by atoms with Crippen LogP contribution >= 0.6 is 0 Å². The molecule has 0 aliphatic rings. The van der Waals surface area contributed by atoms with Gasteiger partial charge in [-0.3, -0.25) is 0 Å². The lowest BCUT2D eigenvalue weighted by Gasteiger charge is -2.22. The van der Waals surface area contributed by atoms with Crippen molar-refractivity contribution in [1.29, 1.82) is 0 Å². The van der Waals surface area contributed by atoms with E-state index in [2.05, 4.69) is 6.92 Å². The molecule has 0 aromatic heterocycles. The van der Waals surface area contributed by atoms with Gasteiger partial charge in [0, 0.05) is 13.6 Å². The second-order valence-corrected chi connectivity index (χ2v) is 7.32. The molecule has 0 saturated carbocycles. The molecule has 120 valence electrons. The van der Waals surface area contributed by atoms with Crippen molar-refractivity contribution < 1.29 is 13.2 Å². The van der Waals surface area contributed by atoms with Gasteiger partial charge in [0.05, 0.1) is 12.0 Å². The number of hydrogen-bond acceptors (Lipinski definition) is 4. The van der Waals surface area contributed by atoms with Gasteiger partial charge in [-0.1, -0.05) is 20.3 Å². The summed E-state index contributed by atoms with van der Waals surface area (Å²) in [6, 6.07) is 5.02. The highest BCUT2D eigenvalue weighted by Crippen LogP contribution is 2.25. The van der Waals surface area contributed by atoms with Crippen molar-refractivity contribution in [3.8, 4) is 5.75 Å². The fraction of sp³-hybridized carbons (Fsp3) is 0.600. The lowest BCUT2D eigenvalue weighted by Crippen LogP contribution is -2.31. The zero-order chi connectivity index (χ0) is 16.0. The molecule has 0 fully saturated rings. The molecule has 0 heterocycles. The Morgan fingerprint density at radius 2 is 2.05 bits per heavy atom. The van der Waals surface area contributed by atoms with Crippen molar-refractivity contribution in [1.82, 2.24) is 4.31 Å². The van der Waals surface area contributed by atoms with Crippen molar-refractivity contribution >= 4 is 10.0 Å². The molecule has 0 aliphatic carbocycles.